The van der Waals surface area contributed by atoms with Crippen molar-refractivity contribution in [1.82, 2.24) is 5.32 Å². The highest BCUT2D eigenvalue weighted by atomic mass is 35.5. The number of hydrogen-bond acceptors (Lipinski definition) is 2. The fraction of sp³-hybridized carbons (Fsp3) is 0.286. The molecule has 0 radical (unpaired) electrons. The molecule has 2 aliphatic rings. The quantitative estimate of drug-likeness (QED) is 0.518. The first-order valence-electron chi connectivity index (χ1n) is 3.35. The zero-order chi connectivity index (χ0) is 8.01. The highest BCUT2D eigenvalue weighted by Crippen LogP contribution is 2.43. The van der Waals surface area contributed by atoms with Gasteiger partial charge in [-0.25, -0.2) is 0 Å². The lowest BCUT2D eigenvalue weighted by Crippen LogP contribution is -2.25. The third kappa shape index (κ3) is 1.01. The van der Waals surface area contributed by atoms with Gasteiger partial charge in [-0.05, 0) is 18.1 Å². The maximum Gasteiger partial charge on any atom is 0.271 e. The molecule has 0 spiro atoms. The van der Waals surface area contributed by atoms with Crippen LogP contribution in [0.5, 0.6) is 0 Å². The Bertz CT molecular complexity index is 293. The number of fused-ring (bicyclic) bond motifs is 1. The smallest absolute Gasteiger partial charge is 0.271 e. The molecule has 0 bridgehead atoms. The summed E-state index contributed by atoms with van der Waals surface area (Å²) in [6.07, 6.45) is 2.68. The van der Waals surface area contributed by atoms with Crippen LogP contribution in [0.25, 0.3) is 0 Å². The number of nitrogens with one attached hydrogen (secondary N) is 1. The van der Waals surface area contributed by atoms with Crippen LogP contribution in [0, 0.1) is 5.92 Å². The minimum atomic E-state index is -0.297. The van der Waals surface area contributed by atoms with E-state index < -0.39 is 0 Å². The van der Waals surface area contributed by atoms with E-state index in [2.05, 4.69) is 5.32 Å². The summed E-state index contributed by atoms with van der Waals surface area (Å²) < 4.78 is 0. The van der Waals surface area contributed by atoms with Gasteiger partial charge in [-0.15, -0.1) is 0 Å². The van der Waals surface area contributed by atoms with Gasteiger partial charge in [0, 0.05) is 5.92 Å². The van der Waals surface area contributed by atoms with Crippen molar-refractivity contribution in [2.24, 2.45) is 11.7 Å². The van der Waals surface area contributed by atoms with Crippen LogP contribution in [0.2, 0.25) is 0 Å². The average molecular weight is 171 g/mol. The molecular formula is C7H7ClN2O. The Labute approximate surface area is 68.9 Å². The SMILES string of the molecule is NC1=CC2CC2=C(Cl)NC1=O. The molecule has 1 aliphatic carbocycles. The molecule has 0 aromatic rings. The number of amides is 1. The van der Waals surface area contributed by atoms with Crippen molar-refractivity contribution in [2.45, 2.75) is 6.42 Å². The Kier molecular flexibility index (Phi) is 1.23. The second-order valence-corrected chi connectivity index (χ2v) is 3.10. The van der Waals surface area contributed by atoms with E-state index in [1.807, 2.05) is 0 Å². The summed E-state index contributed by atoms with van der Waals surface area (Å²) in [7, 11) is 0. The second kappa shape index (κ2) is 2.01. The molecule has 1 heterocycles. The van der Waals surface area contributed by atoms with Crippen LogP contribution in [0.15, 0.2) is 22.5 Å². The van der Waals surface area contributed by atoms with E-state index in [0.717, 1.165) is 12.0 Å². The van der Waals surface area contributed by atoms with Crippen molar-refractivity contribution in [3.63, 3.8) is 0 Å². The van der Waals surface area contributed by atoms with E-state index in [1.165, 1.54) is 0 Å². The molecule has 0 aromatic carbocycles. The molecule has 1 amide bonds. The molecule has 1 aliphatic heterocycles. The van der Waals surface area contributed by atoms with Crippen LogP contribution in [0.1, 0.15) is 6.42 Å². The number of carbonyl (C=O) groups excluding carboxylic acids is 1. The molecule has 0 aromatic heterocycles. The fourth-order valence-corrected chi connectivity index (χ4v) is 1.44. The number of hydrogen-bond donors (Lipinski definition) is 2. The standard InChI is InChI=1S/C7H7ClN2O/c8-6-4-1-3(4)2-5(9)7(11)10-6/h2-3H,1,9H2,(H,10,11). The third-order valence-corrected chi connectivity index (χ3v) is 2.21. The number of nitrogens with two attached hydrogens (primary N) is 1. The Morgan fingerprint density at radius 2 is 2.45 bits per heavy atom. The van der Waals surface area contributed by atoms with Crippen LogP contribution in [0.3, 0.4) is 0 Å². The summed E-state index contributed by atoms with van der Waals surface area (Å²) in [6, 6.07) is 0. The summed E-state index contributed by atoms with van der Waals surface area (Å²) in [5.74, 6) is 0.0103. The number of rotatable bonds is 0. The minimum Gasteiger partial charge on any atom is -0.395 e. The van der Waals surface area contributed by atoms with Crippen LogP contribution < -0.4 is 11.1 Å². The topological polar surface area (TPSA) is 55.1 Å². The molecule has 1 unspecified atom stereocenters. The monoisotopic (exact) mass is 170 g/mol. The molecule has 58 valence electrons. The Morgan fingerprint density at radius 3 is 3.18 bits per heavy atom. The molecule has 0 saturated heterocycles. The fourth-order valence-electron chi connectivity index (χ4n) is 1.13. The highest BCUT2D eigenvalue weighted by molar-refractivity contribution is 6.31. The van der Waals surface area contributed by atoms with Crippen LogP contribution in [0.4, 0.5) is 0 Å². The van der Waals surface area contributed by atoms with Crippen molar-refractivity contribution in [3.05, 3.63) is 22.5 Å². The van der Waals surface area contributed by atoms with Crippen LogP contribution in [-0.4, -0.2) is 5.91 Å². The van der Waals surface area contributed by atoms with E-state index in [-0.39, 0.29) is 11.6 Å². The third-order valence-electron chi connectivity index (χ3n) is 1.88. The van der Waals surface area contributed by atoms with Gasteiger partial charge >= 0.3 is 0 Å². The zero-order valence-electron chi connectivity index (χ0n) is 5.73. The van der Waals surface area contributed by atoms with Gasteiger partial charge in [0.1, 0.15) is 5.16 Å². The van der Waals surface area contributed by atoms with Crippen LogP contribution >= 0.6 is 11.6 Å². The van der Waals surface area contributed by atoms with Gasteiger partial charge in [-0.2, -0.15) is 0 Å². The lowest BCUT2D eigenvalue weighted by Gasteiger charge is -1.99. The summed E-state index contributed by atoms with van der Waals surface area (Å²) in [4.78, 5) is 11.0. The van der Waals surface area contributed by atoms with Crippen molar-refractivity contribution >= 4 is 17.5 Å². The predicted molar refractivity (Wildman–Crippen MR) is 41.4 cm³/mol. The summed E-state index contributed by atoms with van der Waals surface area (Å²) in [6.45, 7) is 0. The second-order valence-electron chi connectivity index (χ2n) is 2.73. The summed E-state index contributed by atoms with van der Waals surface area (Å²) in [5, 5.41) is 2.95. The van der Waals surface area contributed by atoms with E-state index >= 15 is 0 Å². The molecule has 11 heavy (non-hydrogen) atoms. The molecule has 4 heteroatoms. The van der Waals surface area contributed by atoms with E-state index in [0.29, 0.717) is 11.1 Å². The molecule has 1 atom stereocenters. The van der Waals surface area contributed by atoms with Gasteiger partial charge < -0.3 is 11.1 Å². The Balaban J connectivity index is 2.35. The van der Waals surface area contributed by atoms with Gasteiger partial charge in [-0.3, -0.25) is 4.79 Å². The number of halogens is 1. The van der Waals surface area contributed by atoms with Crippen molar-refractivity contribution in [3.8, 4) is 0 Å². The molecule has 1 saturated carbocycles. The zero-order valence-corrected chi connectivity index (χ0v) is 6.48. The lowest BCUT2D eigenvalue weighted by molar-refractivity contribution is -0.116. The predicted octanol–water partition coefficient (Wildman–Crippen LogP) is 0.429. The van der Waals surface area contributed by atoms with Crippen molar-refractivity contribution in [2.75, 3.05) is 0 Å². The average Bonchev–Trinajstić information content (AvgIpc) is 2.66. The van der Waals surface area contributed by atoms with Gasteiger partial charge in [-0.1, -0.05) is 11.6 Å². The summed E-state index contributed by atoms with van der Waals surface area (Å²) in [5.41, 5.74) is 6.77. The van der Waals surface area contributed by atoms with Crippen molar-refractivity contribution in [1.29, 1.82) is 0 Å². The van der Waals surface area contributed by atoms with Gasteiger partial charge in [0.15, 0.2) is 0 Å². The van der Waals surface area contributed by atoms with Gasteiger partial charge in [0.25, 0.3) is 5.91 Å². The number of carbonyl (C=O) groups is 1. The molecule has 1 fully saturated rings. The maximum absolute atomic E-state index is 11.0. The Hall–Kier alpha value is -0.960. The van der Waals surface area contributed by atoms with Gasteiger partial charge in [0.05, 0.1) is 5.70 Å². The minimum absolute atomic E-state index is 0.264. The van der Waals surface area contributed by atoms with E-state index in [9.17, 15) is 4.79 Å². The molecule has 3 nitrogen and oxygen atoms in total. The first-order valence-corrected chi connectivity index (χ1v) is 3.73. The Morgan fingerprint density at radius 1 is 1.73 bits per heavy atom. The summed E-state index contributed by atoms with van der Waals surface area (Å²) >= 11 is 5.73. The molecule has 2 rings (SSSR count). The van der Waals surface area contributed by atoms with Crippen LogP contribution in [-0.2, 0) is 4.79 Å². The lowest BCUT2D eigenvalue weighted by atomic mass is 10.3. The highest BCUT2D eigenvalue weighted by Gasteiger charge is 2.34. The molecule has 3 N–H and O–H groups in total. The normalized spacial score (nSPS) is 28.6. The number of allylic oxidation sites excluding steroid dienone is 2. The van der Waals surface area contributed by atoms with Gasteiger partial charge in [0.2, 0.25) is 0 Å². The first-order chi connectivity index (χ1) is 5.18. The van der Waals surface area contributed by atoms with E-state index in [1.54, 1.807) is 6.08 Å². The van der Waals surface area contributed by atoms with Crippen molar-refractivity contribution < 1.29 is 4.79 Å². The molecular weight excluding hydrogens is 164 g/mol. The largest absolute Gasteiger partial charge is 0.395 e. The van der Waals surface area contributed by atoms with E-state index in [4.69, 9.17) is 17.3 Å². The first kappa shape index (κ1) is 6.73. The maximum atomic E-state index is 11.0.